The Morgan fingerprint density at radius 1 is 1.00 bits per heavy atom. The number of benzene rings is 1. The van der Waals surface area contributed by atoms with Crippen LogP contribution in [0.2, 0.25) is 0 Å². The van der Waals surface area contributed by atoms with Gasteiger partial charge >= 0.3 is 0 Å². The summed E-state index contributed by atoms with van der Waals surface area (Å²) in [7, 11) is 4.19. The zero-order valence-corrected chi connectivity index (χ0v) is 17.4. The largest absolute Gasteiger partial charge is 0.371 e. The molecule has 2 fully saturated rings. The summed E-state index contributed by atoms with van der Waals surface area (Å²) in [4.78, 5) is 2.67. The molecule has 4 heteroatoms. The average molecular weight is 369 g/mol. The Morgan fingerprint density at radius 3 is 2.37 bits per heavy atom. The molecule has 1 saturated heterocycles. The number of hydrogen-bond acceptors (Lipinski definition) is 4. The van der Waals surface area contributed by atoms with Gasteiger partial charge in [-0.3, -0.25) is 5.01 Å². The van der Waals surface area contributed by atoms with Crippen molar-refractivity contribution in [2.45, 2.75) is 70.3 Å². The molecular weight excluding hydrogens is 332 g/mol. The van der Waals surface area contributed by atoms with Crippen LogP contribution in [0.5, 0.6) is 0 Å². The molecule has 4 rings (SSSR count). The third-order valence-corrected chi connectivity index (χ3v) is 6.92. The molecule has 0 spiro atoms. The van der Waals surface area contributed by atoms with Gasteiger partial charge in [-0.25, -0.2) is 0 Å². The third kappa shape index (κ3) is 4.01. The quantitative estimate of drug-likeness (QED) is 0.861. The van der Waals surface area contributed by atoms with Crippen molar-refractivity contribution in [2.75, 3.05) is 38.6 Å². The Labute approximate surface area is 165 Å². The molecule has 1 N–H and O–H groups in total. The second kappa shape index (κ2) is 8.22. The summed E-state index contributed by atoms with van der Waals surface area (Å²) in [5.74, 6) is 0.748. The van der Waals surface area contributed by atoms with Crippen molar-refractivity contribution in [1.29, 1.82) is 0 Å². The van der Waals surface area contributed by atoms with E-state index in [-0.39, 0.29) is 0 Å². The summed E-state index contributed by atoms with van der Waals surface area (Å²) in [5.41, 5.74) is 7.27. The molecule has 148 valence electrons. The minimum atomic E-state index is 0.677. The first-order chi connectivity index (χ1) is 13.2. The van der Waals surface area contributed by atoms with Crippen LogP contribution < -0.4 is 10.2 Å². The highest BCUT2D eigenvalue weighted by atomic mass is 15.5. The van der Waals surface area contributed by atoms with Crippen LogP contribution in [0.1, 0.15) is 74.0 Å². The van der Waals surface area contributed by atoms with Crippen molar-refractivity contribution in [2.24, 2.45) is 5.10 Å². The molecule has 0 atom stereocenters. The van der Waals surface area contributed by atoms with Crippen molar-refractivity contribution in [3.8, 4) is 0 Å². The van der Waals surface area contributed by atoms with E-state index in [9.17, 15) is 0 Å². The van der Waals surface area contributed by atoms with Crippen molar-refractivity contribution in [3.63, 3.8) is 0 Å². The minimum absolute atomic E-state index is 0.677. The molecule has 0 aromatic heterocycles. The molecule has 0 amide bonds. The number of anilines is 1. The van der Waals surface area contributed by atoms with Crippen molar-refractivity contribution >= 4 is 11.4 Å². The van der Waals surface area contributed by atoms with Gasteiger partial charge < -0.3 is 10.2 Å². The lowest BCUT2D eigenvalue weighted by molar-refractivity contribution is 0.393. The average Bonchev–Trinajstić information content (AvgIpc) is 3.14. The Hall–Kier alpha value is -1.55. The van der Waals surface area contributed by atoms with Crippen molar-refractivity contribution < 1.29 is 0 Å². The standard InChI is InChI=1S/C23H36N4/c1-17-15-19(21-11-12-26(3)25-21)16-22(23(17)18-7-5-4-6-8-18)27-13-9-20(24-2)10-14-27/h15-16,18,20,24H,4-14H2,1-3H3. The fraction of sp³-hybridized carbons (Fsp3) is 0.696. The lowest BCUT2D eigenvalue weighted by atomic mass is 9.80. The summed E-state index contributed by atoms with van der Waals surface area (Å²) in [6.07, 6.45) is 10.5. The molecule has 1 saturated carbocycles. The molecule has 1 aromatic rings. The number of aryl methyl sites for hydroxylation is 1. The lowest BCUT2D eigenvalue weighted by Gasteiger charge is -2.37. The number of nitrogens with zero attached hydrogens (tertiary/aromatic N) is 3. The van der Waals surface area contributed by atoms with Crippen molar-refractivity contribution in [3.05, 3.63) is 28.8 Å². The molecule has 1 aromatic carbocycles. The molecular formula is C23H36N4. The maximum absolute atomic E-state index is 4.78. The number of rotatable bonds is 4. The van der Waals surface area contributed by atoms with Gasteiger partial charge in [0.05, 0.1) is 5.71 Å². The second-order valence-corrected chi connectivity index (χ2v) is 8.79. The zero-order valence-electron chi connectivity index (χ0n) is 17.4. The summed E-state index contributed by atoms with van der Waals surface area (Å²) < 4.78 is 0. The van der Waals surface area contributed by atoms with Gasteiger partial charge in [0.25, 0.3) is 0 Å². The third-order valence-electron chi connectivity index (χ3n) is 6.92. The fourth-order valence-electron chi connectivity index (χ4n) is 5.32. The van der Waals surface area contributed by atoms with Crippen LogP contribution in [0.15, 0.2) is 17.2 Å². The predicted molar refractivity (Wildman–Crippen MR) is 115 cm³/mol. The van der Waals surface area contributed by atoms with Gasteiger partial charge in [-0.1, -0.05) is 19.3 Å². The van der Waals surface area contributed by atoms with Gasteiger partial charge in [0.1, 0.15) is 0 Å². The molecule has 4 nitrogen and oxygen atoms in total. The van der Waals surface area contributed by atoms with E-state index >= 15 is 0 Å². The van der Waals surface area contributed by atoms with E-state index in [1.807, 2.05) is 0 Å². The lowest BCUT2D eigenvalue weighted by Crippen LogP contribution is -2.41. The minimum Gasteiger partial charge on any atom is -0.371 e. The maximum Gasteiger partial charge on any atom is 0.0696 e. The predicted octanol–water partition coefficient (Wildman–Crippen LogP) is 4.27. The van der Waals surface area contributed by atoms with Crippen LogP contribution in [-0.2, 0) is 0 Å². The summed E-state index contributed by atoms with van der Waals surface area (Å²) in [6.45, 7) is 5.72. The van der Waals surface area contributed by atoms with E-state index in [1.54, 1.807) is 5.56 Å². The fourth-order valence-corrected chi connectivity index (χ4v) is 5.32. The van der Waals surface area contributed by atoms with Crippen LogP contribution >= 0.6 is 0 Å². The number of piperidine rings is 1. The van der Waals surface area contributed by atoms with E-state index in [0.717, 1.165) is 18.9 Å². The number of nitrogens with one attached hydrogen (secondary N) is 1. The van der Waals surface area contributed by atoms with Crippen LogP contribution in [0.4, 0.5) is 5.69 Å². The van der Waals surface area contributed by atoms with Gasteiger partial charge in [0, 0.05) is 50.4 Å². The molecule has 2 heterocycles. The van der Waals surface area contributed by atoms with Crippen LogP contribution in [0, 0.1) is 6.92 Å². The smallest absolute Gasteiger partial charge is 0.0696 e. The topological polar surface area (TPSA) is 30.9 Å². The van der Waals surface area contributed by atoms with E-state index < -0.39 is 0 Å². The monoisotopic (exact) mass is 368 g/mol. The molecule has 3 aliphatic rings. The Balaban J connectivity index is 1.70. The molecule has 0 bridgehead atoms. The normalized spacial score (nSPS) is 22.4. The van der Waals surface area contributed by atoms with Crippen LogP contribution in [0.25, 0.3) is 0 Å². The summed E-state index contributed by atoms with van der Waals surface area (Å²) >= 11 is 0. The summed E-state index contributed by atoms with van der Waals surface area (Å²) in [5, 5.41) is 10.3. The SMILES string of the molecule is CNC1CCN(c2cc(C3=NN(C)CC3)cc(C)c2C2CCCCC2)CC1. The molecule has 2 aliphatic heterocycles. The van der Waals surface area contributed by atoms with Crippen molar-refractivity contribution in [1.82, 2.24) is 10.3 Å². The van der Waals surface area contributed by atoms with Crippen LogP contribution in [0.3, 0.4) is 0 Å². The highest BCUT2D eigenvalue weighted by Crippen LogP contribution is 2.41. The summed E-state index contributed by atoms with van der Waals surface area (Å²) in [6, 6.07) is 5.58. The first-order valence-corrected chi connectivity index (χ1v) is 11.0. The van der Waals surface area contributed by atoms with Gasteiger partial charge in [-0.15, -0.1) is 0 Å². The molecule has 1 aliphatic carbocycles. The van der Waals surface area contributed by atoms with E-state index in [4.69, 9.17) is 5.10 Å². The Bertz CT molecular complexity index is 682. The molecule has 0 unspecified atom stereocenters. The van der Waals surface area contributed by atoms with Gasteiger partial charge in [-0.05, 0) is 68.8 Å². The first kappa shape index (κ1) is 18.8. The Kier molecular flexibility index (Phi) is 5.72. The second-order valence-electron chi connectivity index (χ2n) is 8.79. The number of hydrogen-bond donors (Lipinski definition) is 1. The van der Waals surface area contributed by atoms with E-state index in [2.05, 4.69) is 48.4 Å². The van der Waals surface area contributed by atoms with Crippen LogP contribution in [-0.4, -0.2) is 50.5 Å². The van der Waals surface area contributed by atoms with Gasteiger partial charge in [0.15, 0.2) is 0 Å². The Morgan fingerprint density at radius 2 is 1.74 bits per heavy atom. The van der Waals surface area contributed by atoms with Gasteiger partial charge in [-0.2, -0.15) is 5.10 Å². The zero-order chi connectivity index (χ0) is 18.8. The maximum atomic E-state index is 4.78. The molecule has 0 radical (unpaired) electrons. The molecule has 27 heavy (non-hydrogen) atoms. The van der Waals surface area contributed by atoms with Gasteiger partial charge in [0.2, 0.25) is 0 Å². The number of hydrazone groups is 1. The van der Waals surface area contributed by atoms with E-state index in [1.165, 1.54) is 80.6 Å². The highest BCUT2D eigenvalue weighted by molar-refractivity contribution is 6.02. The highest BCUT2D eigenvalue weighted by Gasteiger charge is 2.27. The van der Waals surface area contributed by atoms with E-state index in [0.29, 0.717) is 6.04 Å². The first-order valence-electron chi connectivity index (χ1n) is 11.0.